The molecule has 2 aromatic carbocycles. The van der Waals surface area contributed by atoms with E-state index in [1.807, 2.05) is 30.3 Å². The Morgan fingerprint density at radius 2 is 1.45 bits per heavy atom. The van der Waals surface area contributed by atoms with Crippen LogP contribution in [0.2, 0.25) is 0 Å². The molecule has 3 N–H and O–H groups in total. The van der Waals surface area contributed by atoms with Gasteiger partial charge in [-0.2, -0.15) is 0 Å². The molecule has 0 saturated heterocycles. The van der Waals surface area contributed by atoms with Gasteiger partial charge in [0.1, 0.15) is 6.04 Å². The third-order valence-corrected chi connectivity index (χ3v) is 4.53. The van der Waals surface area contributed by atoms with Gasteiger partial charge in [-0.25, -0.2) is 0 Å². The van der Waals surface area contributed by atoms with E-state index in [1.54, 1.807) is 38.1 Å². The predicted octanol–water partition coefficient (Wildman–Crippen LogP) is 2.07. The maximum atomic E-state index is 12.7. The molecule has 2 aromatic rings. The molecule has 0 aliphatic rings. The smallest absolute Gasteiger partial charge is 0.312 e. The van der Waals surface area contributed by atoms with E-state index in [-0.39, 0.29) is 18.8 Å². The van der Waals surface area contributed by atoms with Crippen molar-refractivity contribution in [2.45, 2.75) is 26.3 Å². The van der Waals surface area contributed by atoms with Crippen molar-refractivity contribution in [2.75, 3.05) is 13.2 Å². The number of amides is 2. The van der Waals surface area contributed by atoms with Crippen molar-refractivity contribution in [3.05, 3.63) is 60.2 Å². The van der Waals surface area contributed by atoms with Gasteiger partial charge < -0.3 is 20.5 Å². The Balaban J connectivity index is 2.20. The molecule has 31 heavy (non-hydrogen) atoms. The molecule has 0 radical (unpaired) electrons. The number of benzene rings is 2. The predicted molar refractivity (Wildman–Crippen MR) is 114 cm³/mol. The summed E-state index contributed by atoms with van der Waals surface area (Å²) >= 11 is 0. The molecule has 164 valence electrons. The molecule has 0 aliphatic heterocycles. The fraction of sp³-hybridized carbons (Fsp3) is 0.304. The fourth-order valence-corrected chi connectivity index (χ4v) is 3.03. The van der Waals surface area contributed by atoms with E-state index in [1.165, 1.54) is 0 Å². The second-order valence-electron chi connectivity index (χ2n) is 6.66. The minimum absolute atomic E-state index is 0.0402. The van der Waals surface area contributed by atoms with Crippen LogP contribution in [-0.4, -0.2) is 43.0 Å². The molecule has 0 bridgehead atoms. The Labute approximate surface area is 180 Å². The number of carbonyl (C=O) groups excluding carboxylic acids is 4. The maximum Gasteiger partial charge on any atom is 0.312 e. The first-order valence-electron chi connectivity index (χ1n) is 9.95. The molecule has 8 heteroatoms. The molecule has 0 saturated carbocycles. The number of primary amides is 1. The van der Waals surface area contributed by atoms with E-state index in [9.17, 15) is 19.2 Å². The van der Waals surface area contributed by atoms with Gasteiger partial charge >= 0.3 is 11.9 Å². The van der Waals surface area contributed by atoms with Gasteiger partial charge in [-0.15, -0.1) is 0 Å². The zero-order valence-electron chi connectivity index (χ0n) is 17.5. The molecule has 2 atom stereocenters. The summed E-state index contributed by atoms with van der Waals surface area (Å²) in [6.07, 6.45) is -0.451. The zero-order valence-corrected chi connectivity index (χ0v) is 17.5. The third-order valence-electron chi connectivity index (χ3n) is 4.53. The van der Waals surface area contributed by atoms with Crippen LogP contribution in [0.1, 0.15) is 30.6 Å². The lowest BCUT2D eigenvalue weighted by Gasteiger charge is -2.23. The van der Waals surface area contributed by atoms with Crippen molar-refractivity contribution in [1.29, 1.82) is 0 Å². The van der Waals surface area contributed by atoms with Gasteiger partial charge in [-0.05, 0) is 37.1 Å². The Hall–Kier alpha value is -3.68. The Bertz CT molecular complexity index is 911. The lowest BCUT2D eigenvalue weighted by Crippen LogP contribution is -2.52. The van der Waals surface area contributed by atoms with Crippen molar-refractivity contribution >= 4 is 23.8 Å². The maximum absolute atomic E-state index is 12.7. The highest BCUT2D eigenvalue weighted by atomic mass is 16.5. The Morgan fingerprint density at radius 1 is 0.871 bits per heavy atom. The fourth-order valence-electron chi connectivity index (χ4n) is 3.03. The van der Waals surface area contributed by atoms with Crippen LogP contribution in [0.3, 0.4) is 0 Å². The average molecular weight is 426 g/mol. The van der Waals surface area contributed by atoms with Gasteiger partial charge in [0.15, 0.2) is 0 Å². The molecule has 0 spiro atoms. The summed E-state index contributed by atoms with van der Waals surface area (Å²) in [7, 11) is 0. The quantitative estimate of drug-likeness (QED) is 0.561. The van der Waals surface area contributed by atoms with Crippen LogP contribution in [0.5, 0.6) is 0 Å². The highest BCUT2D eigenvalue weighted by Gasteiger charge is 2.37. The standard InChI is InChI=1S/C23H26N2O6/c1-3-30-19(26)14-18(23(29)31-4-2)20(21(24)27)25-22(28)17-12-10-16(11-13-17)15-8-6-5-7-9-15/h5-13,18,20H,3-4,14H2,1-2H3,(H2,24,27)(H,25,28)/t18-,20+/m1/s1. The summed E-state index contributed by atoms with van der Waals surface area (Å²) in [6.45, 7) is 3.35. The molecule has 2 rings (SSSR count). The number of rotatable bonds is 10. The minimum Gasteiger partial charge on any atom is -0.466 e. The molecule has 0 unspecified atom stereocenters. The Kier molecular flexibility index (Phi) is 8.75. The highest BCUT2D eigenvalue weighted by molar-refractivity contribution is 5.99. The SMILES string of the molecule is CCOC(=O)C[C@@H](C(=O)OCC)[C@H](NC(=O)c1ccc(-c2ccccc2)cc1)C(N)=O. The summed E-state index contributed by atoms with van der Waals surface area (Å²) in [5.74, 6) is -4.39. The highest BCUT2D eigenvalue weighted by Crippen LogP contribution is 2.20. The largest absolute Gasteiger partial charge is 0.466 e. The van der Waals surface area contributed by atoms with Crippen molar-refractivity contribution in [3.63, 3.8) is 0 Å². The number of hydrogen-bond acceptors (Lipinski definition) is 6. The van der Waals surface area contributed by atoms with E-state index < -0.39 is 42.1 Å². The molecular weight excluding hydrogens is 400 g/mol. The second-order valence-corrected chi connectivity index (χ2v) is 6.66. The topological polar surface area (TPSA) is 125 Å². The lowest BCUT2D eigenvalue weighted by molar-refractivity contribution is -0.156. The molecule has 0 fully saturated rings. The van der Waals surface area contributed by atoms with Crippen molar-refractivity contribution in [1.82, 2.24) is 5.32 Å². The second kappa shape index (κ2) is 11.5. The van der Waals surface area contributed by atoms with Crippen LogP contribution in [0.4, 0.5) is 0 Å². The summed E-state index contributed by atoms with van der Waals surface area (Å²) in [6, 6.07) is 14.9. The van der Waals surface area contributed by atoms with Gasteiger partial charge in [0.25, 0.3) is 5.91 Å². The number of nitrogens with one attached hydrogen (secondary N) is 1. The number of hydrogen-bond donors (Lipinski definition) is 2. The molecule has 0 heterocycles. The third kappa shape index (κ3) is 6.67. The van der Waals surface area contributed by atoms with Gasteiger partial charge in [0.2, 0.25) is 5.91 Å². The van der Waals surface area contributed by atoms with E-state index >= 15 is 0 Å². The summed E-state index contributed by atoms with van der Waals surface area (Å²) in [4.78, 5) is 49.0. The number of nitrogens with two attached hydrogens (primary N) is 1. The van der Waals surface area contributed by atoms with Gasteiger partial charge in [0.05, 0.1) is 25.6 Å². The summed E-state index contributed by atoms with van der Waals surface area (Å²) in [5.41, 5.74) is 7.60. The van der Waals surface area contributed by atoms with Gasteiger partial charge in [0, 0.05) is 5.56 Å². The monoisotopic (exact) mass is 426 g/mol. The lowest BCUT2D eigenvalue weighted by atomic mass is 9.94. The first-order chi connectivity index (χ1) is 14.9. The van der Waals surface area contributed by atoms with Crippen LogP contribution < -0.4 is 11.1 Å². The van der Waals surface area contributed by atoms with Crippen LogP contribution >= 0.6 is 0 Å². The van der Waals surface area contributed by atoms with Crippen molar-refractivity contribution in [3.8, 4) is 11.1 Å². The average Bonchev–Trinajstić information content (AvgIpc) is 2.77. The van der Waals surface area contributed by atoms with Gasteiger partial charge in [-0.1, -0.05) is 42.5 Å². The summed E-state index contributed by atoms with van der Waals surface area (Å²) < 4.78 is 9.82. The first-order valence-corrected chi connectivity index (χ1v) is 9.95. The summed E-state index contributed by atoms with van der Waals surface area (Å²) in [5, 5.41) is 2.46. The Morgan fingerprint density at radius 3 is 2.00 bits per heavy atom. The van der Waals surface area contributed by atoms with Gasteiger partial charge in [-0.3, -0.25) is 19.2 Å². The van der Waals surface area contributed by atoms with E-state index in [0.29, 0.717) is 0 Å². The van der Waals surface area contributed by atoms with Crippen molar-refractivity contribution in [2.24, 2.45) is 11.7 Å². The number of esters is 2. The van der Waals surface area contributed by atoms with E-state index in [0.717, 1.165) is 11.1 Å². The molecule has 2 amide bonds. The van der Waals surface area contributed by atoms with E-state index in [2.05, 4.69) is 5.32 Å². The molecule has 8 nitrogen and oxygen atoms in total. The van der Waals surface area contributed by atoms with Crippen LogP contribution in [0, 0.1) is 5.92 Å². The van der Waals surface area contributed by atoms with Crippen LogP contribution in [0.25, 0.3) is 11.1 Å². The normalized spacial score (nSPS) is 12.3. The molecule has 0 aliphatic carbocycles. The molecular formula is C23H26N2O6. The molecule has 0 aromatic heterocycles. The number of carbonyl (C=O) groups is 4. The van der Waals surface area contributed by atoms with Crippen LogP contribution in [-0.2, 0) is 23.9 Å². The number of ether oxygens (including phenoxy) is 2. The van der Waals surface area contributed by atoms with Crippen LogP contribution in [0.15, 0.2) is 54.6 Å². The minimum atomic E-state index is -1.44. The first kappa shape index (κ1) is 23.6. The zero-order chi connectivity index (χ0) is 22.8. The van der Waals surface area contributed by atoms with E-state index in [4.69, 9.17) is 15.2 Å². The van der Waals surface area contributed by atoms with Crippen molar-refractivity contribution < 1.29 is 28.7 Å².